The third-order valence-corrected chi connectivity index (χ3v) is 4.00. The smallest absolute Gasteiger partial charge is 0.256 e. The van der Waals surface area contributed by atoms with Crippen molar-refractivity contribution in [3.8, 4) is 0 Å². The lowest BCUT2D eigenvalue weighted by Gasteiger charge is -2.28. The Balaban J connectivity index is 1.77. The molecule has 2 heterocycles. The van der Waals surface area contributed by atoms with Gasteiger partial charge in [-0.25, -0.2) is 13.8 Å². The maximum absolute atomic E-state index is 13.6. The number of fused-ring (bicyclic) bond motifs is 1. The van der Waals surface area contributed by atoms with E-state index in [4.69, 9.17) is 0 Å². The van der Waals surface area contributed by atoms with Crippen molar-refractivity contribution in [2.45, 2.75) is 19.4 Å². The topological polar surface area (TPSA) is 55.2 Å². The summed E-state index contributed by atoms with van der Waals surface area (Å²) < 4.78 is 28.0. The van der Waals surface area contributed by atoms with Crippen molar-refractivity contribution in [1.82, 2.24) is 14.5 Å². The Kier molecular flexibility index (Phi) is 3.94. The molecule has 0 bridgehead atoms. The fourth-order valence-corrected chi connectivity index (χ4v) is 2.67. The highest BCUT2D eigenvalue weighted by molar-refractivity contribution is 5.79. The molecule has 0 unspecified atom stereocenters. The number of carbonyl (C=O) groups is 1. The van der Waals surface area contributed by atoms with Crippen molar-refractivity contribution < 1.29 is 13.6 Å². The second-order valence-corrected chi connectivity index (χ2v) is 5.56. The molecule has 0 atom stereocenters. The Labute approximate surface area is 131 Å². The molecule has 0 radical (unpaired) electrons. The van der Waals surface area contributed by atoms with E-state index in [0.29, 0.717) is 24.2 Å². The summed E-state index contributed by atoms with van der Waals surface area (Å²) in [5.74, 6) is -1.68. The highest BCUT2D eigenvalue weighted by Gasteiger charge is 2.24. The van der Waals surface area contributed by atoms with Gasteiger partial charge in [-0.2, -0.15) is 0 Å². The number of halogens is 2. The first-order chi connectivity index (χ1) is 11.0. The van der Waals surface area contributed by atoms with E-state index in [9.17, 15) is 18.4 Å². The van der Waals surface area contributed by atoms with Gasteiger partial charge in [0.2, 0.25) is 5.91 Å². The van der Waals surface area contributed by atoms with Crippen molar-refractivity contribution in [3.05, 3.63) is 63.3 Å². The first kappa shape index (κ1) is 15.3. The van der Waals surface area contributed by atoms with Crippen molar-refractivity contribution in [3.63, 3.8) is 0 Å². The van der Waals surface area contributed by atoms with Gasteiger partial charge in [-0.1, -0.05) is 6.07 Å². The third-order valence-electron chi connectivity index (χ3n) is 4.00. The van der Waals surface area contributed by atoms with Gasteiger partial charge >= 0.3 is 0 Å². The predicted octanol–water partition coefficient (Wildman–Crippen LogP) is 1.19. The summed E-state index contributed by atoms with van der Waals surface area (Å²) in [6, 6.07) is 3.16. The number of aryl methyl sites for hydroxylation is 1. The van der Waals surface area contributed by atoms with Crippen LogP contribution in [0.5, 0.6) is 0 Å². The molecule has 7 heteroatoms. The van der Waals surface area contributed by atoms with Gasteiger partial charge in [-0.3, -0.25) is 9.59 Å². The molecule has 1 aromatic carbocycles. The molecule has 1 aliphatic heterocycles. The fourth-order valence-electron chi connectivity index (χ4n) is 2.67. The average molecular weight is 319 g/mol. The molecule has 23 heavy (non-hydrogen) atoms. The van der Waals surface area contributed by atoms with E-state index in [-0.39, 0.29) is 30.0 Å². The zero-order valence-corrected chi connectivity index (χ0v) is 12.6. The summed E-state index contributed by atoms with van der Waals surface area (Å²) in [5, 5.41) is 0. The number of hydrogen-bond donors (Lipinski definition) is 0. The molecule has 0 saturated carbocycles. The van der Waals surface area contributed by atoms with E-state index in [1.165, 1.54) is 21.9 Å². The molecule has 0 aliphatic carbocycles. The van der Waals surface area contributed by atoms with Crippen LogP contribution in [0.1, 0.15) is 16.8 Å². The predicted molar refractivity (Wildman–Crippen MR) is 78.7 cm³/mol. The molecule has 2 aromatic rings. The monoisotopic (exact) mass is 319 g/mol. The van der Waals surface area contributed by atoms with Gasteiger partial charge in [-0.15, -0.1) is 0 Å². The molecule has 120 valence electrons. The minimum absolute atomic E-state index is 0.105. The molecule has 1 amide bonds. The lowest BCUT2D eigenvalue weighted by molar-refractivity contribution is -0.131. The zero-order chi connectivity index (χ0) is 16.6. The summed E-state index contributed by atoms with van der Waals surface area (Å²) in [4.78, 5) is 30.0. The number of rotatable bonds is 2. The Hall–Kier alpha value is -2.57. The maximum atomic E-state index is 13.6. The Morgan fingerprint density at radius 3 is 2.87 bits per heavy atom. The van der Waals surface area contributed by atoms with Crippen LogP contribution in [0.2, 0.25) is 0 Å². The minimum Gasteiger partial charge on any atom is -0.336 e. The van der Waals surface area contributed by atoms with Crippen molar-refractivity contribution in [1.29, 1.82) is 0 Å². The molecule has 0 fully saturated rings. The fraction of sp³-hybridized carbons (Fsp3) is 0.312. The molecule has 0 spiro atoms. The van der Waals surface area contributed by atoms with E-state index in [1.54, 1.807) is 7.05 Å². The summed E-state index contributed by atoms with van der Waals surface area (Å²) in [6.07, 6.45) is 1.70. The number of aromatic nitrogens is 2. The Morgan fingerprint density at radius 2 is 2.13 bits per heavy atom. The van der Waals surface area contributed by atoms with Gasteiger partial charge in [-0.05, 0) is 18.1 Å². The lowest BCUT2D eigenvalue weighted by Crippen LogP contribution is -2.40. The zero-order valence-electron chi connectivity index (χ0n) is 12.6. The van der Waals surface area contributed by atoms with Gasteiger partial charge in [0.05, 0.1) is 25.0 Å². The standard InChI is InChI=1S/C16H15F2N3O2/c1-20-9-19-14-8-21(5-4-12(14)16(20)23)15(22)6-10-2-3-11(17)7-13(10)18/h2-3,7,9H,4-6,8H2,1H3. The van der Waals surface area contributed by atoms with Crippen LogP contribution in [0.4, 0.5) is 8.78 Å². The first-order valence-electron chi connectivity index (χ1n) is 7.21. The Bertz CT molecular complexity index is 833. The van der Waals surface area contributed by atoms with Crippen LogP contribution in [0.25, 0.3) is 0 Å². The average Bonchev–Trinajstić information content (AvgIpc) is 2.53. The van der Waals surface area contributed by atoms with Gasteiger partial charge in [0.25, 0.3) is 5.56 Å². The number of nitrogens with zero attached hydrogens (tertiary/aromatic N) is 3. The number of benzene rings is 1. The van der Waals surface area contributed by atoms with E-state index in [0.717, 1.165) is 12.1 Å². The van der Waals surface area contributed by atoms with E-state index >= 15 is 0 Å². The van der Waals surface area contributed by atoms with E-state index in [1.807, 2.05) is 0 Å². The Morgan fingerprint density at radius 1 is 1.35 bits per heavy atom. The molecule has 3 rings (SSSR count). The summed E-state index contributed by atoms with van der Waals surface area (Å²) >= 11 is 0. The summed E-state index contributed by atoms with van der Waals surface area (Å²) in [7, 11) is 1.63. The van der Waals surface area contributed by atoms with Crippen molar-refractivity contribution >= 4 is 5.91 Å². The molecular weight excluding hydrogens is 304 g/mol. The van der Waals surface area contributed by atoms with Gasteiger partial charge in [0.15, 0.2) is 0 Å². The van der Waals surface area contributed by atoms with Crippen LogP contribution in [0, 0.1) is 11.6 Å². The number of amides is 1. The van der Waals surface area contributed by atoms with Gasteiger partial charge in [0, 0.05) is 25.2 Å². The maximum Gasteiger partial charge on any atom is 0.256 e. The van der Waals surface area contributed by atoms with Crippen LogP contribution in [0.3, 0.4) is 0 Å². The van der Waals surface area contributed by atoms with Crippen LogP contribution in [0.15, 0.2) is 29.3 Å². The van der Waals surface area contributed by atoms with Gasteiger partial charge < -0.3 is 9.47 Å². The normalized spacial score (nSPS) is 13.8. The van der Waals surface area contributed by atoms with E-state index < -0.39 is 11.6 Å². The van der Waals surface area contributed by atoms with Crippen molar-refractivity contribution in [2.75, 3.05) is 6.54 Å². The highest BCUT2D eigenvalue weighted by Crippen LogP contribution is 2.16. The molecule has 0 N–H and O–H groups in total. The summed E-state index contributed by atoms with van der Waals surface area (Å²) in [5.41, 5.74) is 1.24. The van der Waals surface area contributed by atoms with Crippen LogP contribution in [-0.2, 0) is 31.2 Å². The molecule has 5 nitrogen and oxygen atoms in total. The third kappa shape index (κ3) is 2.99. The lowest BCUT2D eigenvalue weighted by atomic mass is 10.0. The number of carbonyl (C=O) groups excluding carboxylic acids is 1. The quantitative estimate of drug-likeness (QED) is 0.835. The first-order valence-corrected chi connectivity index (χ1v) is 7.21. The summed E-state index contributed by atoms with van der Waals surface area (Å²) in [6.45, 7) is 0.614. The molecular formula is C16H15F2N3O2. The second-order valence-electron chi connectivity index (χ2n) is 5.56. The number of hydrogen-bond acceptors (Lipinski definition) is 3. The SMILES string of the molecule is Cn1cnc2c(c1=O)CCN(C(=O)Cc1ccc(F)cc1F)C2. The van der Waals surface area contributed by atoms with E-state index in [2.05, 4.69) is 4.98 Å². The largest absolute Gasteiger partial charge is 0.336 e. The van der Waals surface area contributed by atoms with Crippen LogP contribution < -0.4 is 5.56 Å². The van der Waals surface area contributed by atoms with Crippen molar-refractivity contribution in [2.24, 2.45) is 7.05 Å². The van der Waals surface area contributed by atoms with Gasteiger partial charge in [0.1, 0.15) is 11.6 Å². The molecule has 1 aliphatic rings. The molecule has 0 saturated heterocycles. The van der Waals surface area contributed by atoms with Crippen LogP contribution in [-0.4, -0.2) is 26.9 Å². The minimum atomic E-state index is -0.734. The second kappa shape index (κ2) is 5.91. The van der Waals surface area contributed by atoms with Crippen LogP contribution >= 0.6 is 0 Å². The highest BCUT2D eigenvalue weighted by atomic mass is 19.1. The molecule has 1 aromatic heterocycles.